The summed E-state index contributed by atoms with van der Waals surface area (Å²) in [6, 6.07) is 0. The van der Waals surface area contributed by atoms with Crippen LogP contribution in [0.15, 0.2) is 0 Å². The molecule has 0 bridgehead atoms. The molecule has 25 heteroatoms. The standard InChI is InChI=1S/C17H12F22O3/c18-8(19,10(22,23)12(26,27)14(30,31)16(34,35)36)5-41-3-7(1-40-2-7)4-42-6-9(20,21)11(24,25)13(28,29)15(32,33)17(37,38)39/h1-6H2. The van der Waals surface area contributed by atoms with E-state index in [1.807, 2.05) is 0 Å². The van der Waals surface area contributed by atoms with E-state index < -0.39 is 105 Å². The van der Waals surface area contributed by atoms with Crippen LogP contribution in [0.2, 0.25) is 0 Å². The Hall–Kier alpha value is -1.66. The summed E-state index contributed by atoms with van der Waals surface area (Å²) in [5.74, 6) is -59.1. The average molecular weight is 682 g/mol. The Morgan fingerprint density at radius 3 is 0.857 bits per heavy atom. The molecular formula is C17H12F22O3. The maximum absolute atomic E-state index is 13.6. The van der Waals surface area contributed by atoms with E-state index in [9.17, 15) is 96.6 Å². The third kappa shape index (κ3) is 6.01. The number of hydrogen-bond donors (Lipinski definition) is 0. The molecule has 0 atom stereocenters. The summed E-state index contributed by atoms with van der Waals surface area (Å²) >= 11 is 0. The lowest BCUT2D eigenvalue weighted by Gasteiger charge is -2.42. The van der Waals surface area contributed by atoms with Crippen LogP contribution in [0.3, 0.4) is 0 Å². The second-order valence-corrected chi connectivity index (χ2v) is 8.83. The molecule has 0 spiro atoms. The topological polar surface area (TPSA) is 27.7 Å². The van der Waals surface area contributed by atoms with Gasteiger partial charge in [0.2, 0.25) is 0 Å². The third-order valence-electron chi connectivity index (χ3n) is 5.41. The Balaban J connectivity index is 2.97. The molecule has 1 fully saturated rings. The van der Waals surface area contributed by atoms with Crippen LogP contribution in [0.5, 0.6) is 0 Å². The van der Waals surface area contributed by atoms with Gasteiger partial charge in [0, 0.05) is 0 Å². The molecule has 252 valence electrons. The summed E-state index contributed by atoms with van der Waals surface area (Å²) < 4.78 is 297. The second kappa shape index (κ2) is 10.8. The zero-order chi connectivity index (χ0) is 33.9. The number of halogens is 22. The highest BCUT2D eigenvalue weighted by Crippen LogP contribution is 2.58. The van der Waals surface area contributed by atoms with E-state index in [4.69, 9.17) is 0 Å². The lowest BCUT2D eigenvalue weighted by atomic mass is 9.88. The minimum atomic E-state index is -7.80. The number of hydrogen-bond acceptors (Lipinski definition) is 3. The Kier molecular flexibility index (Phi) is 9.82. The molecule has 3 nitrogen and oxygen atoms in total. The zero-order valence-electron chi connectivity index (χ0n) is 19.3. The summed E-state index contributed by atoms with van der Waals surface area (Å²) in [6.07, 6.45) is -14.9. The van der Waals surface area contributed by atoms with Gasteiger partial charge in [0.15, 0.2) is 0 Å². The molecule has 0 aliphatic carbocycles. The molecule has 0 radical (unpaired) electrons. The van der Waals surface area contributed by atoms with Crippen molar-refractivity contribution in [3.63, 3.8) is 0 Å². The van der Waals surface area contributed by atoms with Gasteiger partial charge in [-0.05, 0) is 0 Å². The predicted octanol–water partition coefficient (Wildman–Crippen LogP) is 7.24. The highest BCUT2D eigenvalue weighted by Gasteiger charge is 2.88. The van der Waals surface area contributed by atoms with Crippen molar-refractivity contribution in [1.29, 1.82) is 0 Å². The van der Waals surface area contributed by atoms with Crippen LogP contribution < -0.4 is 0 Å². The molecule has 1 heterocycles. The van der Waals surface area contributed by atoms with Gasteiger partial charge in [-0.3, -0.25) is 0 Å². The van der Waals surface area contributed by atoms with Gasteiger partial charge in [-0.25, -0.2) is 0 Å². The Morgan fingerprint density at radius 1 is 0.405 bits per heavy atom. The Morgan fingerprint density at radius 2 is 0.667 bits per heavy atom. The average Bonchev–Trinajstić information content (AvgIpc) is 2.74. The summed E-state index contributed by atoms with van der Waals surface area (Å²) in [5, 5.41) is 0. The van der Waals surface area contributed by atoms with E-state index in [2.05, 4.69) is 14.2 Å². The summed E-state index contributed by atoms with van der Waals surface area (Å²) in [4.78, 5) is 0. The summed E-state index contributed by atoms with van der Waals surface area (Å²) in [6.45, 7) is -11.4. The Bertz CT molecular complexity index is 861. The molecule has 0 N–H and O–H groups in total. The molecule has 1 aliphatic heterocycles. The molecule has 1 rings (SSSR count). The van der Waals surface area contributed by atoms with E-state index >= 15 is 0 Å². The first-order valence-electron chi connectivity index (χ1n) is 10.0. The van der Waals surface area contributed by atoms with Crippen LogP contribution >= 0.6 is 0 Å². The van der Waals surface area contributed by atoms with Crippen molar-refractivity contribution in [1.82, 2.24) is 0 Å². The molecule has 0 aromatic rings. The maximum Gasteiger partial charge on any atom is 0.460 e. The van der Waals surface area contributed by atoms with Crippen molar-refractivity contribution in [2.75, 3.05) is 39.6 Å². The number of alkyl halides is 22. The summed E-state index contributed by atoms with van der Waals surface area (Å²) in [5.41, 5.74) is -2.24. The normalized spacial score (nSPS) is 18.7. The minimum Gasteiger partial charge on any atom is -0.380 e. The van der Waals surface area contributed by atoms with E-state index in [0.717, 1.165) is 0 Å². The zero-order valence-corrected chi connectivity index (χ0v) is 19.3. The van der Waals surface area contributed by atoms with Crippen molar-refractivity contribution < 1.29 is 111 Å². The number of rotatable bonds is 14. The van der Waals surface area contributed by atoms with Crippen molar-refractivity contribution in [2.24, 2.45) is 5.41 Å². The fourth-order valence-electron chi connectivity index (χ4n) is 2.78. The highest BCUT2D eigenvalue weighted by atomic mass is 19.4. The fourth-order valence-corrected chi connectivity index (χ4v) is 2.78. The van der Waals surface area contributed by atoms with E-state index in [0.29, 0.717) is 0 Å². The van der Waals surface area contributed by atoms with Crippen LogP contribution in [0.1, 0.15) is 0 Å². The highest BCUT2D eigenvalue weighted by molar-refractivity contribution is 5.07. The second-order valence-electron chi connectivity index (χ2n) is 8.83. The van der Waals surface area contributed by atoms with E-state index in [-0.39, 0.29) is 0 Å². The van der Waals surface area contributed by atoms with Gasteiger partial charge in [0.05, 0.1) is 31.8 Å². The van der Waals surface area contributed by atoms with Gasteiger partial charge in [0.1, 0.15) is 13.2 Å². The predicted molar refractivity (Wildman–Crippen MR) is 86.6 cm³/mol. The van der Waals surface area contributed by atoms with Gasteiger partial charge < -0.3 is 14.2 Å². The number of ether oxygens (including phenoxy) is 3. The first-order chi connectivity index (χ1) is 18.1. The van der Waals surface area contributed by atoms with Crippen LogP contribution in [0, 0.1) is 5.41 Å². The molecule has 42 heavy (non-hydrogen) atoms. The smallest absolute Gasteiger partial charge is 0.380 e. The molecule has 0 unspecified atom stereocenters. The van der Waals surface area contributed by atoms with Gasteiger partial charge in [-0.15, -0.1) is 0 Å². The molecule has 0 aromatic heterocycles. The SMILES string of the molecule is FC(F)(F)C(F)(F)C(F)(F)C(F)(F)C(F)(F)COCC1(COCC(F)(F)C(F)(F)C(F)(F)C(F)(F)C(F)(F)F)COC1. The quantitative estimate of drug-likeness (QED) is 0.181. The molecule has 1 aliphatic rings. The van der Waals surface area contributed by atoms with Crippen molar-refractivity contribution in [2.45, 2.75) is 59.7 Å². The van der Waals surface area contributed by atoms with Gasteiger partial charge >= 0.3 is 59.7 Å². The van der Waals surface area contributed by atoms with Crippen molar-refractivity contribution in [3.8, 4) is 0 Å². The minimum absolute atomic E-state index is 0.985. The largest absolute Gasteiger partial charge is 0.460 e. The molecular weight excluding hydrogens is 670 g/mol. The van der Waals surface area contributed by atoms with Gasteiger partial charge in [0.25, 0.3) is 0 Å². The van der Waals surface area contributed by atoms with Crippen molar-refractivity contribution >= 4 is 0 Å². The van der Waals surface area contributed by atoms with Crippen LogP contribution in [0.4, 0.5) is 96.6 Å². The monoisotopic (exact) mass is 682 g/mol. The Labute approximate surface area is 217 Å². The molecule has 1 saturated heterocycles. The maximum atomic E-state index is 13.6. The summed E-state index contributed by atoms with van der Waals surface area (Å²) in [7, 11) is 0. The lowest BCUT2D eigenvalue weighted by molar-refractivity contribution is -0.425. The van der Waals surface area contributed by atoms with Crippen LogP contribution in [-0.4, -0.2) is 99.4 Å². The lowest BCUT2D eigenvalue weighted by Crippen LogP contribution is -2.67. The third-order valence-corrected chi connectivity index (χ3v) is 5.41. The van der Waals surface area contributed by atoms with Crippen LogP contribution in [0.25, 0.3) is 0 Å². The van der Waals surface area contributed by atoms with E-state index in [1.165, 1.54) is 0 Å². The van der Waals surface area contributed by atoms with Crippen molar-refractivity contribution in [3.05, 3.63) is 0 Å². The van der Waals surface area contributed by atoms with Crippen LogP contribution in [-0.2, 0) is 14.2 Å². The first kappa shape index (κ1) is 38.4. The molecule has 0 saturated carbocycles. The fraction of sp³-hybridized carbons (Fsp3) is 1.00. The van der Waals surface area contributed by atoms with Gasteiger partial charge in [-0.2, -0.15) is 96.6 Å². The molecule has 0 amide bonds. The van der Waals surface area contributed by atoms with E-state index in [1.54, 1.807) is 0 Å². The first-order valence-corrected chi connectivity index (χ1v) is 10.0. The molecule has 0 aromatic carbocycles. The van der Waals surface area contributed by atoms with Gasteiger partial charge in [-0.1, -0.05) is 0 Å².